The molecule has 0 radical (unpaired) electrons. The number of rotatable bonds is 13. The van der Waals surface area contributed by atoms with Gasteiger partial charge in [-0.2, -0.15) is 0 Å². The van der Waals surface area contributed by atoms with E-state index in [0.717, 1.165) is 38.5 Å². The molecule has 0 saturated heterocycles. The van der Waals surface area contributed by atoms with Crippen molar-refractivity contribution in [3.8, 4) is 0 Å². The van der Waals surface area contributed by atoms with Gasteiger partial charge in [0.2, 0.25) is 0 Å². The molecule has 0 aromatic rings. The standard InChI is InChI=1S/C17H28O4/c1-2-3-10-13-16(21-20)14-11-8-6-4-5-7-9-12-15-17(18)19/h5-8,11,14,16,20H,2-4,9-10,12-13,15H2,1H3,(H,18,19)/b7-5+,8-6-,14-11-/t16-/m0/s1. The van der Waals surface area contributed by atoms with Crippen LogP contribution in [0.25, 0.3) is 0 Å². The summed E-state index contributed by atoms with van der Waals surface area (Å²) < 4.78 is 0. The molecule has 0 bridgehead atoms. The predicted molar refractivity (Wildman–Crippen MR) is 85.2 cm³/mol. The van der Waals surface area contributed by atoms with Gasteiger partial charge >= 0.3 is 5.97 Å². The summed E-state index contributed by atoms with van der Waals surface area (Å²) in [5, 5.41) is 17.2. The molecule has 4 nitrogen and oxygen atoms in total. The van der Waals surface area contributed by atoms with Crippen LogP contribution in [0, 0.1) is 0 Å². The van der Waals surface area contributed by atoms with Crippen LogP contribution >= 0.6 is 0 Å². The molecule has 120 valence electrons. The van der Waals surface area contributed by atoms with Gasteiger partial charge in [0.25, 0.3) is 0 Å². The maximum Gasteiger partial charge on any atom is 0.303 e. The monoisotopic (exact) mass is 296 g/mol. The number of hydrogen-bond donors (Lipinski definition) is 2. The first-order valence-corrected chi connectivity index (χ1v) is 7.71. The highest BCUT2D eigenvalue weighted by molar-refractivity contribution is 5.66. The van der Waals surface area contributed by atoms with Crippen LogP contribution in [-0.2, 0) is 9.68 Å². The van der Waals surface area contributed by atoms with Crippen molar-refractivity contribution in [1.29, 1.82) is 0 Å². The largest absolute Gasteiger partial charge is 0.481 e. The highest BCUT2D eigenvalue weighted by atomic mass is 17.1. The van der Waals surface area contributed by atoms with Gasteiger partial charge in [0.15, 0.2) is 0 Å². The van der Waals surface area contributed by atoms with Crippen LogP contribution in [-0.4, -0.2) is 22.4 Å². The minimum absolute atomic E-state index is 0.226. The lowest BCUT2D eigenvalue weighted by atomic mass is 10.1. The van der Waals surface area contributed by atoms with Crippen LogP contribution in [0.1, 0.15) is 58.3 Å². The normalized spacial score (nSPS) is 13.6. The molecular weight excluding hydrogens is 268 g/mol. The molecule has 0 aliphatic carbocycles. The van der Waals surface area contributed by atoms with Crippen molar-refractivity contribution in [2.75, 3.05) is 0 Å². The van der Waals surface area contributed by atoms with E-state index in [1.807, 2.05) is 36.5 Å². The molecule has 2 N–H and O–H groups in total. The highest BCUT2D eigenvalue weighted by Crippen LogP contribution is 2.07. The molecule has 0 fully saturated rings. The number of unbranched alkanes of at least 4 members (excludes halogenated alkanes) is 3. The molecule has 4 heteroatoms. The molecule has 0 spiro atoms. The smallest absolute Gasteiger partial charge is 0.303 e. The van der Waals surface area contributed by atoms with E-state index in [1.165, 1.54) is 0 Å². The van der Waals surface area contributed by atoms with E-state index in [-0.39, 0.29) is 12.5 Å². The van der Waals surface area contributed by atoms with Gasteiger partial charge in [0, 0.05) is 6.42 Å². The van der Waals surface area contributed by atoms with E-state index in [1.54, 1.807) is 0 Å². The molecule has 0 aliphatic rings. The zero-order valence-corrected chi connectivity index (χ0v) is 12.9. The third kappa shape index (κ3) is 14.8. The van der Waals surface area contributed by atoms with E-state index < -0.39 is 5.97 Å². The minimum Gasteiger partial charge on any atom is -0.481 e. The Kier molecular flexibility index (Phi) is 14.0. The minimum atomic E-state index is -0.743. The molecule has 0 aromatic carbocycles. The average Bonchev–Trinajstić information content (AvgIpc) is 2.47. The summed E-state index contributed by atoms with van der Waals surface area (Å²) in [5.74, 6) is -0.743. The topological polar surface area (TPSA) is 66.8 Å². The van der Waals surface area contributed by atoms with Crippen molar-refractivity contribution in [1.82, 2.24) is 0 Å². The summed E-state index contributed by atoms with van der Waals surface area (Å²) in [7, 11) is 0. The summed E-state index contributed by atoms with van der Waals surface area (Å²) in [5.41, 5.74) is 0. The van der Waals surface area contributed by atoms with Gasteiger partial charge in [-0.25, -0.2) is 4.89 Å². The molecular formula is C17H28O4. The Morgan fingerprint density at radius 3 is 2.62 bits per heavy atom. The van der Waals surface area contributed by atoms with Crippen LogP contribution in [0.2, 0.25) is 0 Å². The van der Waals surface area contributed by atoms with E-state index in [2.05, 4.69) is 11.8 Å². The molecule has 0 unspecified atom stereocenters. The Morgan fingerprint density at radius 1 is 1.14 bits per heavy atom. The number of carbonyl (C=O) groups is 1. The fourth-order valence-corrected chi connectivity index (χ4v) is 1.79. The average molecular weight is 296 g/mol. The summed E-state index contributed by atoms with van der Waals surface area (Å²) >= 11 is 0. The lowest BCUT2D eigenvalue weighted by Crippen LogP contribution is -2.06. The van der Waals surface area contributed by atoms with Crippen molar-refractivity contribution in [2.24, 2.45) is 0 Å². The molecule has 21 heavy (non-hydrogen) atoms. The molecule has 1 atom stereocenters. The van der Waals surface area contributed by atoms with Gasteiger partial charge in [0.05, 0.1) is 0 Å². The van der Waals surface area contributed by atoms with Gasteiger partial charge in [-0.05, 0) is 25.7 Å². The Labute approximate surface area is 127 Å². The first-order valence-electron chi connectivity index (χ1n) is 7.71. The summed E-state index contributed by atoms with van der Waals surface area (Å²) in [6.07, 6.45) is 18.2. The van der Waals surface area contributed by atoms with Crippen molar-refractivity contribution in [3.63, 3.8) is 0 Å². The Morgan fingerprint density at radius 2 is 1.95 bits per heavy atom. The molecule has 0 aliphatic heterocycles. The van der Waals surface area contributed by atoms with E-state index in [0.29, 0.717) is 6.42 Å². The van der Waals surface area contributed by atoms with Gasteiger partial charge < -0.3 is 5.11 Å². The van der Waals surface area contributed by atoms with Gasteiger partial charge in [0.1, 0.15) is 6.10 Å². The fraction of sp³-hybridized carbons (Fsp3) is 0.588. The predicted octanol–water partition coefficient (Wildman–Crippen LogP) is 4.74. The number of aliphatic carboxylic acids is 1. The van der Waals surface area contributed by atoms with Crippen molar-refractivity contribution in [3.05, 3.63) is 36.5 Å². The Hall–Kier alpha value is -1.39. The van der Waals surface area contributed by atoms with E-state index >= 15 is 0 Å². The summed E-state index contributed by atoms with van der Waals surface area (Å²) in [6, 6.07) is 0. The molecule has 0 heterocycles. The molecule has 0 amide bonds. The highest BCUT2D eigenvalue weighted by Gasteiger charge is 2.02. The second-order valence-electron chi connectivity index (χ2n) is 4.95. The second-order valence-corrected chi connectivity index (χ2v) is 4.95. The lowest BCUT2D eigenvalue weighted by Gasteiger charge is -2.07. The number of carboxylic acid groups (broad SMARTS) is 1. The fourth-order valence-electron chi connectivity index (χ4n) is 1.79. The number of carboxylic acids is 1. The van der Waals surface area contributed by atoms with Gasteiger partial charge in [-0.15, -0.1) is 0 Å². The van der Waals surface area contributed by atoms with Crippen molar-refractivity contribution >= 4 is 5.97 Å². The SMILES string of the molecule is CCCCC[C@@H](/C=C\C=C/C/C=C/CCCC(=O)O)OO. The summed E-state index contributed by atoms with van der Waals surface area (Å²) in [4.78, 5) is 14.7. The van der Waals surface area contributed by atoms with Gasteiger partial charge in [-0.3, -0.25) is 10.1 Å². The summed E-state index contributed by atoms with van der Waals surface area (Å²) in [6.45, 7) is 2.14. The third-order valence-corrected chi connectivity index (χ3v) is 3.00. The van der Waals surface area contributed by atoms with Crippen LogP contribution in [0.4, 0.5) is 0 Å². The van der Waals surface area contributed by atoms with Crippen LogP contribution in [0.3, 0.4) is 0 Å². The van der Waals surface area contributed by atoms with Crippen molar-refractivity contribution in [2.45, 2.75) is 64.4 Å². The third-order valence-electron chi connectivity index (χ3n) is 3.00. The van der Waals surface area contributed by atoms with Crippen LogP contribution < -0.4 is 0 Å². The Bertz CT molecular complexity index is 332. The zero-order chi connectivity index (χ0) is 15.8. The van der Waals surface area contributed by atoms with E-state index in [9.17, 15) is 4.79 Å². The maximum atomic E-state index is 10.3. The quantitative estimate of drug-likeness (QED) is 0.169. The van der Waals surface area contributed by atoms with E-state index in [4.69, 9.17) is 10.4 Å². The Balaban J connectivity index is 3.70. The first-order chi connectivity index (χ1) is 10.2. The lowest BCUT2D eigenvalue weighted by molar-refractivity contribution is -0.267. The molecule has 0 saturated carbocycles. The number of hydrogen-bond acceptors (Lipinski definition) is 3. The van der Waals surface area contributed by atoms with Crippen molar-refractivity contribution < 1.29 is 20.0 Å². The second kappa shape index (κ2) is 15.0. The maximum absolute atomic E-state index is 10.3. The van der Waals surface area contributed by atoms with Crippen LogP contribution in [0.5, 0.6) is 0 Å². The van der Waals surface area contributed by atoms with Gasteiger partial charge in [-0.1, -0.05) is 62.6 Å². The first kappa shape index (κ1) is 19.6. The molecule has 0 aromatic heterocycles. The zero-order valence-electron chi connectivity index (χ0n) is 12.9. The molecule has 0 rings (SSSR count). The van der Waals surface area contributed by atoms with Crippen LogP contribution in [0.15, 0.2) is 36.5 Å². The number of allylic oxidation sites excluding steroid dienone is 5.